The standard InChI is InChI=1S/C10H10N2OS2/c1-13-8-5-3-4-6-9(8)15-10(14-2)12-7-11/h3-6H,1-2H3. The van der Waals surface area contributed by atoms with E-state index < -0.39 is 0 Å². The minimum atomic E-state index is 0.710. The molecule has 1 aromatic carbocycles. The van der Waals surface area contributed by atoms with E-state index in [0.29, 0.717) is 4.38 Å². The Labute approximate surface area is 97.5 Å². The quantitative estimate of drug-likeness (QED) is 0.344. The molecule has 0 N–H and O–H groups in total. The first-order valence-corrected chi connectivity index (χ1v) is 6.17. The van der Waals surface area contributed by atoms with Crippen LogP contribution >= 0.6 is 23.5 Å². The first kappa shape index (κ1) is 12.0. The molecule has 0 amide bonds. The Morgan fingerprint density at radius 2 is 2.20 bits per heavy atom. The van der Waals surface area contributed by atoms with Crippen LogP contribution < -0.4 is 4.74 Å². The van der Waals surface area contributed by atoms with E-state index in [0.717, 1.165) is 10.6 Å². The SMILES string of the molecule is COc1ccccc1SC(=NC#N)SC. The van der Waals surface area contributed by atoms with Crippen molar-refractivity contribution in [3.05, 3.63) is 24.3 Å². The van der Waals surface area contributed by atoms with Crippen LogP contribution in [0.25, 0.3) is 0 Å². The number of ether oxygens (including phenoxy) is 1. The van der Waals surface area contributed by atoms with Crippen molar-refractivity contribution in [2.75, 3.05) is 13.4 Å². The number of benzene rings is 1. The molecule has 0 atom stereocenters. The van der Waals surface area contributed by atoms with Gasteiger partial charge in [-0.25, -0.2) is 0 Å². The van der Waals surface area contributed by atoms with E-state index in [1.165, 1.54) is 23.5 Å². The molecule has 1 aromatic rings. The Hall–Kier alpha value is -1.12. The minimum absolute atomic E-state index is 0.710. The van der Waals surface area contributed by atoms with Crippen molar-refractivity contribution in [3.8, 4) is 11.9 Å². The fraction of sp³-hybridized carbons (Fsp3) is 0.200. The maximum atomic E-state index is 8.48. The number of nitrogens with zero attached hydrogens (tertiary/aromatic N) is 2. The lowest BCUT2D eigenvalue weighted by atomic mass is 10.3. The van der Waals surface area contributed by atoms with Gasteiger partial charge in [-0.05, 0) is 18.4 Å². The van der Waals surface area contributed by atoms with Crippen LogP contribution in [0.4, 0.5) is 0 Å². The summed E-state index contributed by atoms with van der Waals surface area (Å²) in [5.74, 6) is 0.794. The van der Waals surface area contributed by atoms with E-state index in [-0.39, 0.29) is 0 Å². The summed E-state index contributed by atoms with van der Waals surface area (Å²) in [5.41, 5.74) is 0. The van der Waals surface area contributed by atoms with Crippen LogP contribution in [0.2, 0.25) is 0 Å². The molecule has 0 unspecified atom stereocenters. The molecule has 5 heteroatoms. The molecule has 0 aliphatic heterocycles. The third-order valence-corrected chi connectivity index (χ3v) is 3.60. The van der Waals surface area contributed by atoms with Crippen molar-refractivity contribution in [3.63, 3.8) is 0 Å². The van der Waals surface area contributed by atoms with E-state index in [2.05, 4.69) is 4.99 Å². The monoisotopic (exact) mass is 238 g/mol. The number of thioether (sulfide) groups is 2. The van der Waals surface area contributed by atoms with Crippen molar-refractivity contribution < 1.29 is 4.74 Å². The second kappa shape index (κ2) is 6.38. The van der Waals surface area contributed by atoms with Gasteiger partial charge in [0.2, 0.25) is 6.19 Å². The van der Waals surface area contributed by atoms with Gasteiger partial charge in [-0.15, -0.1) is 11.8 Å². The van der Waals surface area contributed by atoms with Crippen molar-refractivity contribution >= 4 is 27.9 Å². The number of methoxy groups -OCH3 is 1. The Morgan fingerprint density at radius 3 is 2.80 bits per heavy atom. The zero-order valence-corrected chi connectivity index (χ0v) is 10.1. The summed E-state index contributed by atoms with van der Waals surface area (Å²) in [6, 6.07) is 7.65. The van der Waals surface area contributed by atoms with Gasteiger partial charge in [0, 0.05) is 0 Å². The zero-order chi connectivity index (χ0) is 11.1. The smallest absolute Gasteiger partial charge is 0.207 e. The molecule has 0 saturated heterocycles. The fourth-order valence-corrected chi connectivity index (χ4v) is 2.36. The van der Waals surface area contributed by atoms with E-state index in [1.807, 2.05) is 30.5 Å². The molecular formula is C10H10N2OS2. The Bertz CT molecular complexity index is 399. The third-order valence-electron chi connectivity index (χ3n) is 1.58. The molecule has 15 heavy (non-hydrogen) atoms. The number of nitriles is 1. The molecule has 0 aliphatic carbocycles. The summed E-state index contributed by atoms with van der Waals surface area (Å²) < 4.78 is 5.91. The predicted molar refractivity (Wildman–Crippen MR) is 65.4 cm³/mol. The highest BCUT2D eigenvalue weighted by Crippen LogP contribution is 2.32. The third kappa shape index (κ3) is 3.50. The number of hydrogen-bond acceptors (Lipinski definition) is 5. The molecule has 0 heterocycles. The van der Waals surface area contributed by atoms with Crippen LogP contribution in [-0.2, 0) is 0 Å². The fourth-order valence-electron chi connectivity index (χ4n) is 0.948. The highest BCUT2D eigenvalue weighted by atomic mass is 32.2. The summed E-state index contributed by atoms with van der Waals surface area (Å²) >= 11 is 2.87. The van der Waals surface area contributed by atoms with Crippen LogP contribution in [0, 0.1) is 11.5 Å². The van der Waals surface area contributed by atoms with Crippen LogP contribution in [0.1, 0.15) is 0 Å². The molecule has 0 saturated carbocycles. The van der Waals surface area contributed by atoms with E-state index in [9.17, 15) is 0 Å². The van der Waals surface area contributed by atoms with Crippen molar-refractivity contribution in [1.29, 1.82) is 5.26 Å². The lowest BCUT2D eigenvalue weighted by Gasteiger charge is -2.06. The highest BCUT2D eigenvalue weighted by molar-refractivity contribution is 8.38. The Morgan fingerprint density at radius 1 is 1.47 bits per heavy atom. The molecule has 78 valence electrons. The molecule has 0 aromatic heterocycles. The van der Waals surface area contributed by atoms with Crippen LogP contribution in [0.15, 0.2) is 34.2 Å². The maximum Gasteiger partial charge on any atom is 0.207 e. The lowest BCUT2D eigenvalue weighted by Crippen LogP contribution is -1.88. The Kier molecular flexibility index (Phi) is 5.08. The average Bonchev–Trinajstić information content (AvgIpc) is 2.29. The van der Waals surface area contributed by atoms with Crippen molar-refractivity contribution in [1.82, 2.24) is 0 Å². The molecule has 0 fully saturated rings. The summed E-state index contributed by atoms with van der Waals surface area (Å²) in [6.45, 7) is 0. The minimum Gasteiger partial charge on any atom is -0.496 e. The average molecular weight is 238 g/mol. The van der Waals surface area contributed by atoms with Gasteiger partial charge in [-0.2, -0.15) is 10.3 Å². The number of para-hydroxylation sites is 1. The number of aliphatic imine (C=N–C) groups is 1. The van der Waals surface area contributed by atoms with E-state index in [4.69, 9.17) is 10.00 Å². The summed E-state index contributed by atoms with van der Waals surface area (Å²) in [5, 5.41) is 8.48. The van der Waals surface area contributed by atoms with Crippen LogP contribution in [0.5, 0.6) is 5.75 Å². The maximum absolute atomic E-state index is 8.48. The van der Waals surface area contributed by atoms with Crippen LogP contribution in [-0.4, -0.2) is 17.7 Å². The van der Waals surface area contributed by atoms with Gasteiger partial charge in [0.25, 0.3) is 0 Å². The topological polar surface area (TPSA) is 45.4 Å². The molecular weight excluding hydrogens is 228 g/mol. The second-order valence-corrected chi connectivity index (χ2v) is 4.52. The van der Waals surface area contributed by atoms with Gasteiger partial charge in [0.15, 0.2) is 0 Å². The van der Waals surface area contributed by atoms with Crippen molar-refractivity contribution in [2.24, 2.45) is 4.99 Å². The van der Waals surface area contributed by atoms with Gasteiger partial charge in [-0.1, -0.05) is 23.9 Å². The van der Waals surface area contributed by atoms with Gasteiger partial charge in [0.1, 0.15) is 10.1 Å². The van der Waals surface area contributed by atoms with E-state index in [1.54, 1.807) is 13.3 Å². The second-order valence-electron chi connectivity index (χ2n) is 2.43. The summed E-state index contributed by atoms with van der Waals surface area (Å²) in [7, 11) is 1.62. The molecule has 0 radical (unpaired) electrons. The van der Waals surface area contributed by atoms with Crippen molar-refractivity contribution in [2.45, 2.75) is 4.90 Å². The largest absolute Gasteiger partial charge is 0.496 e. The number of rotatable bonds is 2. The van der Waals surface area contributed by atoms with Gasteiger partial charge in [-0.3, -0.25) is 0 Å². The van der Waals surface area contributed by atoms with Crippen LogP contribution in [0.3, 0.4) is 0 Å². The summed E-state index contributed by atoms with van der Waals surface area (Å²) in [4.78, 5) is 4.67. The van der Waals surface area contributed by atoms with Gasteiger partial charge in [0.05, 0.1) is 12.0 Å². The molecule has 0 aliphatic rings. The Balaban J connectivity index is 2.89. The predicted octanol–water partition coefficient (Wildman–Crippen LogP) is 2.99. The highest BCUT2D eigenvalue weighted by Gasteiger charge is 2.06. The van der Waals surface area contributed by atoms with Gasteiger partial charge < -0.3 is 4.74 Å². The van der Waals surface area contributed by atoms with E-state index >= 15 is 0 Å². The molecule has 0 bridgehead atoms. The number of hydrogen-bond donors (Lipinski definition) is 0. The first-order chi connectivity index (χ1) is 7.31. The lowest BCUT2D eigenvalue weighted by molar-refractivity contribution is 0.405. The zero-order valence-electron chi connectivity index (χ0n) is 8.43. The normalized spacial score (nSPS) is 10.9. The molecule has 1 rings (SSSR count). The van der Waals surface area contributed by atoms with Gasteiger partial charge >= 0.3 is 0 Å². The molecule has 0 spiro atoms. The summed E-state index contributed by atoms with van der Waals surface area (Å²) in [6.07, 6.45) is 3.67. The molecule has 3 nitrogen and oxygen atoms in total. The first-order valence-electron chi connectivity index (χ1n) is 4.13.